The van der Waals surface area contributed by atoms with Gasteiger partial charge in [-0.25, -0.2) is 5.43 Å². The highest BCUT2D eigenvalue weighted by atomic mass is 79.9. The normalized spacial score (nSPS) is 17.4. The van der Waals surface area contributed by atoms with Crippen LogP contribution in [-0.4, -0.2) is 37.9 Å². The second kappa shape index (κ2) is 9.73. The minimum atomic E-state index is -0.333. The van der Waals surface area contributed by atoms with Crippen molar-refractivity contribution in [2.75, 3.05) is 25.2 Å². The van der Waals surface area contributed by atoms with E-state index >= 15 is 0 Å². The van der Waals surface area contributed by atoms with Gasteiger partial charge in [-0.2, -0.15) is 5.10 Å². The SMILES string of the molecule is CCN1c2cc(OC)c(/C=N/NC(=O)COc3cccc(Br)c3)cc2C(C)CC1(C)C. The topological polar surface area (TPSA) is 63.2 Å². The number of halogens is 1. The third kappa shape index (κ3) is 5.39. The van der Waals surface area contributed by atoms with E-state index in [1.165, 1.54) is 11.3 Å². The molecule has 0 aromatic heterocycles. The molecule has 0 saturated carbocycles. The molecule has 1 atom stereocenters. The summed E-state index contributed by atoms with van der Waals surface area (Å²) in [6.07, 6.45) is 2.69. The van der Waals surface area contributed by atoms with Crippen molar-refractivity contribution in [3.8, 4) is 11.5 Å². The Hall–Kier alpha value is -2.54. The first-order chi connectivity index (χ1) is 14.7. The van der Waals surface area contributed by atoms with Gasteiger partial charge in [-0.3, -0.25) is 4.79 Å². The highest BCUT2D eigenvalue weighted by Gasteiger charge is 2.36. The lowest BCUT2D eigenvalue weighted by atomic mass is 9.79. The third-order valence-electron chi connectivity index (χ3n) is 5.61. The van der Waals surface area contributed by atoms with Gasteiger partial charge in [0, 0.05) is 33.9 Å². The molecule has 7 heteroatoms. The third-order valence-corrected chi connectivity index (χ3v) is 6.11. The maximum Gasteiger partial charge on any atom is 0.277 e. The number of hydrazone groups is 1. The van der Waals surface area contributed by atoms with Crippen LogP contribution < -0.4 is 19.8 Å². The summed E-state index contributed by atoms with van der Waals surface area (Å²) in [5, 5.41) is 4.11. The summed E-state index contributed by atoms with van der Waals surface area (Å²) in [5.74, 6) is 1.42. The maximum absolute atomic E-state index is 12.1. The fourth-order valence-electron chi connectivity index (χ4n) is 4.32. The van der Waals surface area contributed by atoms with Crippen LogP contribution >= 0.6 is 15.9 Å². The van der Waals surface area contributed by atoms with Crippen molar-refractivity contribution in [2.45, 2.75) is 45.6 Å². The Morgan fingerprint density at radius 3 is 2.81 bits per heavy atom. The Kier molecular flexibility index (Phi) is 7.26. The molecule has 1 unspecified atom stereocenters. The number of nitrogens with one attached hydrogen (secondary N) is 1. The van der Waals surface area contributed by atoms with Crippen LogP contribution in [0.4, 0.5) is 5.69 Å². The van der Waals surface area contributed by atoms with Crippen molar-refractivity contribution in [3.63, 3.8) is 0 Å². The summed E-state index contributed by atoms with van der Waals surface area (Å²) in [6, 6.07) is 11.5. The van der Waals surface area contributed by atoms with Gasteiger partial charge in [-0.15, -0.1) is 0 Å². The van der Waals surface area contributed by atoms with Crippen molar-refractivity contribution in [1.82, 2.24) is 5.43 Å². The number of hydrogen-bond donors (Lipinski definition) is 1. The smallest absolute Gasteiger partial charge is 0.277 e. The summed E-state index contributed by atoms with van der Waals surface area (Å²) < 4.78 is 12.0. The van der Waals surface area contributed by atoms with Crippen LogP contribution in [-0.2, 0) is 4.79 Å². The van der Waals surface area contributed by atoms with Gasteiger partial charge in [0.1, 0.15) is 11.5 Å². The highest BCUT2D eigenvalue weighted by Crippen LogP contribution is 2.45. The predicted octanol–water partition coefficient (Wildman–Crippen LogP) is 5.10. The summed E-state index contributed by atoms with van der Waals surface area (Å²) in [4.78, 5) is 14.5. The van der Waals surface area contributed by atoms with Crippen molar-refractivity contribution < 1.29 is 14.3 Å². The number of ether oxygens (including phenoxy) is 2. The van der Waals surface area contributed by atoms with E-state index in [0.717, 1.165) is 28.8 Å². The van der Waals surface area contributed by atoms with E-state index in [1.54, 1.807) is 25.5 Å². The van der Waals surface area contributed by atoms with Gasteiger partial charge >= 0.3 is 0 Å². The molecule has 166 valence electrons. The maximum atomic E-state index is 12.1. The van der Waals surface area contributed by atoms with Gasteiger partial charge in [0.15, 0.2) is 6.61 Å². The van der Waals surface area contributed by atoms with Crippen LogP contribution in [0.3, 0.4) is 0 Å². The molecule has 3 rings (SSSR count). The molecule has 1 aliphatic rings. The van der Waals surface area contributed by atoms with Gasteiger partial charge in [0.2, 0.25) is 0 Å². The molecule has 0 aliphatic carbocycles. The van der Waals surface area contributed by atoms with Crippen LogP contribution in [0.5, 0.6) is 11.5 Å². The van der Waals surface area contributed by atoms with Gasteiger partial charge in [-0.1, -0.05) is 28.9 Å². The van der Waals surface area contributed by atoms with Crippen LogP contribution in [0.25, 0.3) is 0 Å². The summed E-state index contributed by atoms with van der Waals surface area (Å²) >= 11 is 3.38. The summed E-state index contributed by atoms with van der Waals surface area (Å²) in [5.41, 5.74) is 5.91. The van der Waals surface area contributed by atoms with Crippen molar-refractivity contribution in [3.05, 3.63) is 52.0 Å². The Labute approximate surface area is 192 Å². The molecule has 6 nitrogen and oxygen atoms in total. The van der Waals surface area contributed by atoms with Crippen LogP contribution in [0.15, 0.2) is 46.0 Å². The molecule has 1 amide bonds. The number of rotatable bonds is 7. The second-order valence-electron chi connectivity index (χ2n) is 8.35. The number of carbonyl (C=O) groups excluding carboxylic acids is 1. The number of anilines is 1. The first kappa shape index (κ1) is 23.1. The number of carbonyl (C=O) groups is 1. The predicted molar refractivity (Wildman–Crippen MR) is 128 cm³/mol. The number of fused-ring (bicyclic) bond motifs is 1. The van der Waals surface area contributed by atoms with E-state index in [2.05, 4.69) is 71.2 Å². The van der Waals surface area contributed by atoms with Crippen molar-refractivity contribution >= 4 is 33.7 Å². The monoisotopic (exact) mass is 487 g/mol. The molecular formula is C24H30BrN3O3. The van der Waals surface area contributed by atoms with Gasteiger partial charge in [0.05, 0.1) is 13.3 Å². The Morgan fingerprint density at radius 1 is 1.35 bits per heavy atom. The first-order valence-electron chi connectivity index (χ1n) is 10.4. The summed E-state index contributed by atoms with van der Waals surface area (Å²) in [7, 11) is 1.65. The number of benzene rings is 2. The zero-order chi connectivity index (χ0) is 22.6. The van der Waals surface area contributed by atoms with E-state index in [-0.39, 0.29) is 18.1 Å². The number of nitrogens with zero attached hydrogens (tertiary/aromatic N) is 2. The molecule has 0 saturated heterocycles. The van der Waals surface area contributed by atoms with Crippen molar-refractivity contribution in [1.29, 1.82) is 0 Å². The number of hydrogen-bond acceptors (Lipinski definition) is 5. The molecule has 31 heavy (non-hydrogen) atoms. The largest absolute Gasteiger partial charge is 0.496 e. The van der Waals surface area contributed by atoms with Gasteiger partial charge in [0.25, 0.3) is 5.91 Å². The summed E-state index contributed by atoms with van der Waals surface area (Å²) in [6.45, 7) is 9.80. The Bertz CT molecular complexity index is 975. The molecular weight excluding hydrogens is 458 g/mol. The fraction of sp³-hybridized carbons (Fsp3) is 0.417. The zero-order valence-electron chi connectivity index (χ0n) is 18.7. The average Bonchev–Trinajstić information content (AvgIpc) is 2.72. The molecule has 1 aliphatic heterocycles. The molecule has 2 aromatic rings. The molecule has 1 N–H and O–H groups in total. The Morgan fingerprint density at radius 2 is 2.13 bits per heavy atom. The second-order valence-corrected chi connectivity index (χ2v) is 9.27. The molecule has 0 radical (unpaired) electrons. The van der Waals surface area contributed by atoms with Crippen LogP contribution in [0.2, 0.25) is 0 Å². The fourth-order valence-corrected chi connectivity index (χ4v) is 4.69. The average molecular weight is 488 g/mol. The standard InChI is InChI=1S/C24H30BrN3O3/c1-6-28-21-12-22(30-5)17(10-20(21)16(2)13-24(28,3)4)14-26-27-23(29)15-31-19-9-7-8-18(25)11-19/h7-12,14,16H,6,13,15H2,1-5H3,(H,27,29)/b26-14+. The van der Waals surface area contributed by atoms with Crippen LogP contribution in [0, 0.1) is 0 Å². The Balaban J connectivity index is 1.72. The van der Waals surface area contributed by atoms with E-state index in [9.17, 15) is 4.79 Å². The van der Waals surface area contributed by atoms with Crippen molar-refractivity contribution in [2.24, 2.45) is 5.10 Å². The van der Waals surface area contributed by atoms with Crippen LogP contribution in [0.1, 0.15) is 51.2 Å². The number of methoxy groups -OCH3 is 1. The lowest BCUT2D eigenvalue weighted by molar-refractivity contribution is -0.123. The van der Waals surface area contributed by atoms with E-state index in [0.29, 0.717) is 11.7 Å². The molecule has 0 fully saturated rings. The molecule has 0 bridgehead atoms. The van der Waals surface area contributed by atoms with Gasteiger partial charge < -0.3 is 14.4 Å². The van der Waals surface area contributed by atoms with E-state index in [4.69, 9.17) is 9.47 Å². The molecule has 2 aromatic carbocycles. The molecule has 0 spiro atoms. The lowest BCUT2D eigenvalue weighted by Crippen LogP contribution is -2.48. The van der Waals surface area contributed by atoms with E-state index in [1.807, 2.05) is 12.1 Å². The minimum absolute atomic E-state index is 0.0874. The minimum Gasteiger partial charge on any atom is -0.496 e. The first-order valence-corrected chi connectivity index (χ1v) is 11.2. The zero-order valence-corrected chi connectivity index (χ0v) is 20.3. The lowest BCUT2D eigenvalue weighted by Gasteiger charge is -2.47. The van der Waals surface area contributed by atoms with E-state index < -0.39 is 0 Å². The highest BCUT2D eigenvalue weighted by molar-refractivity contribution is 9.10. The van der Waals surface area contributed by atoms with Gasteiger partial charge in [-0.05, 0) is 62.9 Å². The quantitative estimate of drug-likeness (QED) is 0.435. The molecule has 1 heterocycles. The number of amides is 1.